The van der Waals surface area contributed by atoms with Gasteiger partial charge in [0.1, 0.15) is 0 Å². The van der Waals surface area contributed by atoms with Gasteiger partial charge >= 0.3 is 0 Å². The molecular formula is C10H15ClN2. The van der Waals surface area contributed by atoms with Gasteiger partial charge in [-0.05, 0) is 43.3 Å². The summed E-state index contributed by atoms with van der Waals surface area (Å²) in [4.78, 5) is 0. The molecule has 0 aliphatic rings. The minimum atomic E-state index is 0.714. The van der Waals surface area contributed by atoms with E-state index in [-0.39, 0.29) is 0 Å². The van der Waals surface area contributed by atoms with Crippen LogP contribution in [0.3, 0.4) is 0 Å². The van der Waals surface area contributed by atoms with Crippen molar-refractivity contribution in [2.45, 2.75) is 13.3 Å². The first-order chi connectivity index (χ1) is 6.22. The van der Waals surface area contributed by atoms with Gasteiger partial charge in [0.15, 0.2) is 0 Å². The molecule has 72 valence electrons. The van der Waals surface area contributed by atoms with Crippen LogP contribution in [0.4, 0.5) is 5.69 Å². The van der Waals surface area contributed by atoms with Gasteiger partial charge in [0.2, 0.25) is 0 Å². The molecule has 0 radical (unpaired) electrons. The predicted octanol–water partition coefficient (Wildman–Crippen LogP) is 2.07. The molecule has 0 unspecified atom stereocenters. The topological polar surface area (TPSA) is 38.0 Å². The van der Waals surface area contributed by atoms with Crippen molar-refractivity contribution in [3.8, 4) is 0 Å². The van der Waals surface area contributed by atoms with E-state index in [0.29, 0.717) is 5.02 Å². The van der Waals surface area contributed by atoms with Crippen molar-refractivity contribution >= 4 is 17.3 Å². The van der Waals surface area contributed by atoms with Crippen LogP contribution in [-0.2, 0) is 6.42 Å². The highest BCUT2D eigenvalue weighted by Crippen LogP contribution is 2.16. The maximum atomic E-state index is 5.86. The lowest BCUT2D eigenvalue weighted by Gasteiger charge is -2.04. The lowest BCUT2D eigenvalue weighted by Crippen LogP contribution is -2.16. The second-order valence-electron chi connectivity index (χ2n) is 3.00. The fourth-order valence-corrected chi connectivity index (χ4v) is 1.50. The summed E-state index contributed by atoms with van der Waals surface area (Å²) in [7, 11) is 0. The molecule has 1 aromatic rings. The standard InChI is InChI=1S/C10H15ClN2/c1-2-13-4-3-8-5-9(11)7-10(12)6-8/h5-7,13H,2-4,12H2,1H3. The van der Waals surface area contributed by atoms with E-state index in [2.05, 4.69) is 12.2 Å². The van der Waals surface area contributed by atoms with Crippen molar-refractivity contribution in [1.29, 1.82) is 0 Å². The number of nitrogens with one attached hydrogen (secondary N) is 1. The van der Waals surface area contributed by atoms with Crippen LogP contribution < -0.4 is 11.1 Å². The van der Waals surface area contributed by atoms with Gasteiger partial charge in [-0.15, -0.1) is 0 Å². The number of nitrogens with two attached hydrogens (primary N) is 1. The molecule has 0 saturated carbocycles. The first-order valence-corrected chi connectivity index (χ1v) is 4.86. The Morgan fingerprint density at radius 2 is 2.15 bits per heavy atom. The van der Waals surface area contributed by atoms with Crippen molar-refractivity contribution in [3.63, 3.8) is 0 Å². The molecule has 1 aromatic carbocycles. The van der Waals surface area contributed by atoms with E-state index in [1.165, 1.54) is 5.56 Å². The average molecular weight is 199 g/mol. The molecule has 0 bridgehead atoms. The van der Waals surface area contributed by atoms with E-state index in [9.17, 15) is 0 Å². The van der Waals surface area contributed by atoms with Crippen LogP contribution >= 0.6 is 11.6 Å². The number of anilines is 1. The second kappa shape index (κ2) is 5.10. The highest BCUT2D eigenvalue weighted by molar-refractivity contribution is 6.30. The second-order valence-corrected chi connectivity index (χ2v) is 3.43. The number of likely N-dealkylation sites (N-methyl/N-ethyl adjacent to an activating group) is 1. The summed E-state index contributed by atoms with van der Waals surface area (Å²) < 4.78 is 0. The largest absolute Gasteiger partial charge is 0.399 e. The van der Waals surface area contributed by atoms with Crippen molar-refractivity contribution in [2.24, 2.45) is 0 Å². The smallest absolute Gasteiger partial charge is 0.0429 e. The summed E-state index contributed by atoms with van der Waals surface area (Å²) in [6.07, 6.45) is 0.971. The van der Waals surface area contributed by atoms with Crippen molar-refractivity contribution in [1.82, 2.24) is 5.32 Å². The van der Waals surface area contributed by atoms with E-state index < -0.39 is 0 Å². The fourth-order valence-electron chi connectivity index (χ4n) is 1.23. The van der Waals surface area contributed by atoms with Gasteiger partial charge in [0.25, 0.3) is 0 Å². The molecule has 0 aliphatic carbocycles. The Labute approximate surface area is 84.1 Å². The fraction of sp³-hybridized carbons (Fsp3) is 0.400. The minimum absolute atomic E-state index is 0.714. The summed E-state index contributed by atoms with van der Waals surface area (Å²) >= 11 is 5.86. The third-order valence-electron chi connectivity index (χ3n) is 1.82. The van der Waals surface area contributed by atoms with Gasteiger partial charge in [0.05, 0.1) is 0 Å². The molecular weight excluding hydrogens is 184 g/mol. The average Bonchev–Trinajstić information content (AvgIpc) is 2.03. The monoisotopic (exact) mass is 198 g/mol. The summed E-state index contributed by atoms with van der Waals surface area (Å²) in [5.74, 6) is 0. The Morgan fingerprint density at radius 1 is 1.38 bits per heavy atom. The Kier molecular flexibility index (Phi) is 4.06. The zero-order valence-electron chi connectivity index (χ0n) is 7.81. The minimum Gasteiger partial charge on any atom is -0.399 e. The molecule has 0 aromatic heterocycles. The predicted molar refractivity (Wildman–Crippen MR) is 58.1 cm³/mol. The molecule has 0 fully saturated rings. The van der Waals surface area contributed by atoms with Gasteiger partial charge in [0, 0.05) is 10.7 Å². The number of rotatable bonds is 4. The van der Waals surface area contributed by atoms with Gasteiger partial charge in [-0.3, -0.25) is 0 Å². The van der Waals surface area contributed by atoms with Gasteiger partial charge in [-0.25, -0.2) is 0 Å². The van der Waals surface area contributed by atoms with Crippen molar-refractivity contribution in [3.05, 3.63) is 28.8 Å². The maximum Gasteiger partial charge on any atom is 0.0429 e. The third kappa shape index (κ3) is 3.66. The normalized spacial score (nSPS) is 10.3. The van der Waals surface area contributed by atoms with Gasteiger partial charge in [-0.1, -0.05) is 18.5 Å². The molecule has 3 N–H and O–H groups in total. The number of nitrogen functional groups attached to an aromatic ring is 1. The molecule has 1 rings (SSSR count). The first-order valence-electron chi connectivity index (χ1n) is 4.48. The SMILES string of the molecule is CCNCCc1cc(N)cc(Cl)c1. The van der Waals surface area contributed by atoms with Crippen LogP contribution in [0.5, 0.6) is 0 Å². The number of hydrogen-bond acceptors (Lipinski definition) is 2. The van der Waals surface area contributed by atoms with Crippen LogP contribution in [-0.4, -0.2) is 13.1 Å². The number of benzene rings is 1. The molecule has 13 heavy (non-hydrogen) atoms. The Morgan fingerprint density at radius 3 is 2.77 bits per heavy atom. The molecule has 2 nitrogen and oxygen atoms in total. The Balaban J connectivity index is 2.56. The molecule has 3 heteroatoms. The third-order valence-corrected chi connectivity index (χ3v) is 2.04. The van der Waals surface area contributed by atoms with Crippen molar-refractivity contribution < 1.29 is 0 Å². The zero-order chi connectivity index (χ0) is 9.68. The van der Waals surface area contributed by atoms with Crippen LogP contribution in [0.1, 0.15) is 12.5 Å². The number of hydrogen-bond donors (Lipinski definition) is 2. The highest BCUT2D eigenvalue weighted by Gasteiger charge is 1.96. The molecule has 0 aliphatic heterocycles. The van der Waals surface area contributed by atoms with E-state index in [1.54, 1.807) is 6.07 Å². The Bertz CT molecular complexity index is 253. The first kappa shape index (κ1) is 10.4. The quantitative estimate of drug-likeness (QED) is 0.574. The highest BCUT2D eigenvalue weighted by atomic mass is 35.5. The number of halogens is 1. The molecule has 0 saturated heterocycles. The van der Waals surface area contributed by atoms with Crippen molar-refractivity contribution in [2.75, 3.05) is 18.8 Å². The van der Waals surface area contributed by atoms with Crippen LogP contribution in [0.2, 0.25) is 5.02 Å². The van der Waals surface area contributed by atoms with Crippen LogP contribution in [0, 0.1) is 0 Å². The van der Waals surface area contributed by atoms with Gasteiger partial charge < -0.3 is 11.1 Å². The Hall–Kier alpha value is -0.730. The van der Waals surface area contributed by atoms with E-state index in [0.717, 1.165) is 25.2 Å². The molecule has 0 amide bonds. The maximum absolute atomic E-state index is 5.86. The summed E-state index contributed by atoms with van der Waals surface area (Å²) in [6, 6.07) is 5.68. The van der Waals surface area contributed by atoms with E-state index >= 15 is 0 Å². The lowest BCUT2D eigenvalue weighted by atomic mass is 10.1. The van der Waals surface area contributed by atoms with E-state index in [1.807, 2.05) is 12.1 Å². The summed E-state index contributed by atoms with van der Waals surface area (Å²) in [6.45, 7) is 4.05. The summed E-state index contributed by atoms with van der Waals surface area (Å²) in [5, 5.41) is 3.97. The van der Waals surface area contributed by atoms with Crippen LogP contribution in [0.15, 0.2) is 18.2 Å². The van der Waals surface area contributed by atoms with Gasteiger partial charge in [-0.2, -0.15) is 0 Å². The van der Waals surface area contributed by atoms with E-state index in [4.69, 9.17) is 17.3 Å². The lowest BCUT2D eigenvalue weighted by molar-refractivity contribution is 0.717. The molecule has 0 atom stereocenters. The zero-order valence-corrected chi connectivity index (χ0v) is 8.56. The van der Waals surface area contributed by atoms with Crippen LogP contribution in [0.25, 0.3) is 0 Å². The molecule has 0 spiro atoms. The molecule has 0 heterocycles. The summed E-state index contributed by atoms with van der Waals surface area (Å²) in [5.41, 5.74) is 7.58.